The van der Waals surface area contributed by atoms with Crippen molar-refractivity contribution in [1.82, 2.24) is 14.9 Å². The number of aryl methyl sites for hydroxylation is 1. The molecule has 2 aromatic heterocycles. The number of carbonyl (C=O) groups excluding carboxylic acids is 1. The molecule has 1 aliphatic rings. The van der Waals surface area contributed by atoms with Crippen molar-refractivity contribution in [3.05, 3.63) is 75.8 Å². The van der Waals surface area contributed by atoms with Gasteiger partial charge in [-0.25, -0.2) is 0 Å². The van der Waals surface area contributed by atoms with Crippen LogP contribution in [0.25, 0.3) is 10.9 Å². The molecule has 0 spiro atoms. The maximum Gasteiger partial charge on any atom is 0.272 e. The van der Waals surface area contributed by atoms with Crippen LogP contribution >= 0.6 is 0 Å². The van der Waals surface area contributed by atoms with Crippen LogP contribution in [-0.4, -0.2) is 40.0 Å². The zero-order chi connectivity index (χ0) is 19.5. The highest BCUT2D eigenvalue weighted by Crippen LogP contribution is 2.19. The van der Waals surface area contributed by atoms with E-state index >= 15 is 0 Å². The predicted octanol–water partition coefficient (Wildman–Crippen LogP) is 3.05. The summed E-state index contributed by atoms with van der Waals surface area (Å²) in [5.74, 6) is -0.195. The van der Waals surface area contributed by atoms with Gasteiger partial charge >= 0.3 is 0 Å². The quantitative estimate of drug-likeness (QED) is 0.742. The van der Waals surface area contributed by atoms with E-state index < -0.39 is 0 Å². The first-order chi connectivity index (χ1) is 13.6. The van der Waals surface area contributed by atoms with Crippen LogP contribution < -0.4 is 5.56 Å². The van der Waals surface area contributed by atoms with Crippen LogP contribution in [0.5, 0.6) is 0 Å². The molecule has 0 radical (unpaired) electrons. The second-order valence-corrected chi connectivity index (χ2v) is 7.20. The van der Waals surface area contributed by atoms with Gasteiger partial charge in [-0.05, 0) is 48.9 Å². The van der Waals surface area contributed by atoms with Gasteiger partial charge < -0.3 is 14.6 Å². The predicted molar refractivity (Wildman–Crippen MR) is 107 cm³/mol. The molecule has 4 rings (SSSR count). The average molecular weight is 377 g/mol. The third kappa shape index (κ3) is 3.82. The molecule has 1 saturated heterocycles. The molecule has 0 bridgehead atoms. The maximum absolute atomic E-state index is 13.1. The van der Waals surface area contributed by atoms with Crippen LogP contribution in [-0.2, 0) is 11.3 Å². The summed E-state index contributed by atoms with van der Waals surface area (Å²) in [6, 6.07) is 13.0. The Morgan fingerprint density at radius 2 is 2.18 bits per heavy atom. The molecule has 6 heteroatoms. The van der Waals surface area contributed by atoms with E-state index in [4.69, 9.17) is 4.74 Å². The van der Waals surface area contributed by atoms with E-state index in [2.05, 4.69) is 9.97 Å². The fourth-order valence-electron chi connectivity index (χ4n) is 3.66. The zero-order valence-electron chi connectivity index (χ0n) is 15.9. The number of carbonyl (C=O) groups is 1. The van der Waals surface area contributed by atoms with E-state index in [9.17, 15) is 9.59 Å². The first kappa shape index (κ1) is 18.4. The van der Waals surface area contributed by atoms with Crippen LogP contribution in [0.2, 0.25) is 0 Å². The number of H-pyrrole nitrogens is 1. The average Bonchev–Trinajstić information content (AvgIpc) is 3.22. The molecule has 0 saturated carbocycles. The van der Waals surface area contributed by atoms with E-state index in [0.29, 0.717) is 24.4 Å². The van der Waals surface area contributed by atoms with Crippen LogP contribution in [0.4, 0.5) is 0 Å². The lowest BCUT2D eigenvalue weighted by molar-refractivity contribution is 0.0502. The molecule has 0 aliphatic carbocycles. The summed E-state index contributed by atoms with van der Waals surface area (Å²) >= 11 is 0. The fourth-order valence-corrected chi connectivity index (χ4v) is 3.66. The highest BCUT2D eigenvalue weighted by Gasteiger charge is 2.25. The molecular weight excluding hydrogens is 354 g/mol. The van der Waals surface area contributed by atoms with Crippen molar-refractivity contribution in [3.8, 4) is 0 Å². The van der Waals surface area contributed by atoms with Gasteiger partial charge in [0.2, 0.25) is 0 Å². The number of aromatic amines is 1. The summed E-state index contributed by atoms with van der Waals surface area (Å²) in [4.78, 5) is 34.6. The van der Waals surface area contributed by atoms with Crippen molar-refractivity contribution >= 4 is 16.8 Å². The SMILES string of the molecule is Cc1cccc2cc(CN(CC3CCCO3)C(=O)c3ccccn3)c(=O)[nH]c12. The largest absolute Gasteiger partial charge is 0.376 e. The number of hydrogen-bond acceptors (Lipinski definition) is 4. The van der Waals surface area contributed by atoms with Gasteiger partial charge in [-0.3, -0.25) is 14.6 Å². The van der Waals surface area contributed by atoms with Gasteiger partial charge in [-0.2, -0.15) is 0 Å². The van der Waals surface area contributed by atoms with Crippen LogP contribution in [0.1, 0.15) is 34.5 Å². The second kappa shape index (κ2) is 7.94. The van der Waals surface area contributed by atoms with Crippen molar-refractivity contribution in [2.75, 3.05) is 13.2 Å². The number of pyridine rings is 2. The first-order valence-electron chi connectivity index (χ1n) is 9.55. The molecule has 1 fully saturated rings. The minimum absolute atomic E-state index is 0.00514. The molecule has 144 valence electrons. The van der Waals surface area contributed by atoms with Gasteiger partial charge in [-0.15, -0.1) is 0 Å². The molecule has 1 aromatic carbocycles. The number of rotatable bonds is 5. The number of ether oxygens (including phenoxy) is 1. The van der Waals surface area contributed by atoms with Gasteiger partial charge in [0.15, 0.2) is 0 Å². The van der Waals surface area contributed by atoms with Gasteiger partial charge in [0.05, 0.1) is 18.2 Å². The van der Waals surface area contributed by atoms with Crippen molar-refractivity contribution in [2.24, 2.45) is 0 Å². The molecule has 28 heavy (non-hydrogen) atoms. The number of fused-ring (bicyclic) bond motifs is 1. The van der Waals surface area contributed by atoms with Gasteiger partial charge in [0.1, 0.15) is 5.69 Å². The Kier molecular flexibility index (Phi) is 5.21. The normalized spacial score (nSPS) is 16.4. The Bertz CT molecular complexity index is 1040. The second-order valence-electron chi connectivity index (χ2n) is 7.20. The standard InChI is InChI=1S/C22H23N3O3/c1-15-6-4-7-16-12-17(21(26)24-20(15)16)13-25(14-18-8-5-11-28-18)22(27)19-9-2-3-10-23-19/h2-4,6-7,9-10,12,18H,5,8,11,13-14H2,1H3,(H,24,26). The highest BCUT2D eigenvalue weighted by molar-refractivity contribution is 5.92. The Hall–Kier alpha value is -2.99. The summed E-state index contributed by atoms with van der Waals surface area (Å²) in [6.07, 6.45) is 3.50. The van der Waals surface area contributed by atoms with Crippen molar-refractivity contribution in [2.45, 2.75) is 32.4 Å². The third-order valence-corrected chi connectivity index (χ3v) is 5.15. The molecule has 1 N–H and O–H groups in total. The van der Waals surface area contributed by atoms with Crippen LogP contribution in [0.3, 0.4) is 0 Å². The lowest BCUT2D eigenvalue weighted by Crippen LogP contribution is -2.38. The van der Waals surface area contributed by atoms with Crippen LogP contribution in [0.15, 0.2) is 53.5 Å². The number of benzene rings is 1. The van der Waals surface area contributed by atoms with Crippen molar-refractivity contribution in [1.29, 1.82) is 0 Å². The Morgan fingerprint density at radius 1 is 1.29 bits per heavy atom. The summed E-state index contributed by atoms with van der Waals surface area (Å²) in [5, 5.41) is 0.956. The molecular formula is C22H23N3O3. The van der Waals surface area contributed by atoms with E-state index in [-0.39, 0.29) is 24.1 Å². The number of nitrogens with one attached hydrogen (secondary N) is 1. The molecule has 1 aliphatic heterocycles. The molecule has 1 amide bonds. The summed E-state index contributed by atoms with van der Waals surface area (Å²) in [6.45, 7) is 3.34. The Morgan fingerprint density at radius 3 is 2.93 bits per heavy atom. The molecule has 3 aromatic rings. The number of para-hydroxylation sites is 1. The minimum Gasteiger partial charge on any atom is -0.376 e. The minimum atomic E-state index is -0.195. The van der Waals surface area contributed by atoms with Crippen molar-refractivity contribution in [3.63, 3.8) is 0 Å². The smallest absolute Gasteiger partial charge is 0.272 e. The number of hydrogen-bond donors (Lipinski definition) is 1. The van der Waals surface area contributed by atoms with Gasteiger partial charge in [0.25, 0.3) is 11.5 Å². The van der Waals surface area contributed by atoms with Crippen molar-refractivity contribution < 1.29 is 9.53 Å². The Balaban J connectivity index is 1.67. The fraction of sp³-hybridized carbons (Fsp3) is 0.318. The van der Waals surface area contributed by atoms with E-state index in [1.54, 1.807) is 29.3 Å². The van der Waals surface area contributed by atoms with E-state index in [1.807, 2.05) is 31.2 Å². The first-order valence-corrected chi connectivity index (χ1v) is 9.55. The molecule has 1 unspecified atom stereocenters. The number of nitrogens with zero attached hydrogens (tertiary/aromatic N) is 2. The monoisotopic (exact) mass is 377 g/mol. The van der Waals surface area contributed by atoms with Gasteiger partial charge in [0, 0.05) is 24.9 Å². The van der Waals surface area contributed by atoms with E-state index in [0.717, 1.165) is 29.3 Å². The third-order valence-electron chi connectivity index (χ3n) is 5.15. The van der Waals surface area contributed by atoms with E-state index in [1.165, 1.54) is 0 Å². The number of aromatic nitrogens is 2. The Labute approximate surface area is 163 Å². The maximum atomic E-state index is 13.1. The highest BCUT2D eigenvalue weighted by atomic mass is 16.5. The summed E-state index contributed by atoms with van der Waals surface area (Å²) in [7, 11) is 0. The zero-order valence-corrected chi connectivity index (χ0v) is 15.9. The van der Waals surface area contributed by atoms with Gasteiger partial charge in [-0.1, -0.05) is 24.3 Å². The summed E-state index contributed by atoms with van der Waals surface area (Å²) in [5.41, 5.74) is 2.60. The molecule has 3 heterocycles. The summed E-state index contributed by atoms with van der Waals surface area (Å²) < 4.78 is 5.72. The lowest BCUT2D eigenvalue weighted by atomic mass is 10.1. The lowest BCUT2D eigenvalue weighted by Gasteiger charge is -2.25. The number of amides is 1. The molecule has 6 nitrogen and oxygen atoms in total. The molecule has 1 atom stereocenters. The topological polar surface area (TPSA) is 75.3 Å². The van der Waals surface area contributed by atoms with Crippen LogP contribution in [0, 0.1) is 6.92 Å².